The monoisotopic (exact) mass is 315 g/mol. The van der Waals surface area contributed by atoms with E-state index in [1.54, 1.807) is 17.1 Å². The zero-order valence-electron chi connectivity index (χ0n) is 8.40. The number of nitrogens with zero attached hydrogens (tertiary/aromatic N) is 4. The maximum atomic E-state index is 4.40. The SMILES string of the molecule is CNc1nc(-c2ccnn2C)ncc1I. The third-order valence-corrected chi connectivity index (χ3v) is 2.82. The zero-order valence-corrected chi connectivity index (χ0v) is 10.6. The zero-order chi connectivity index (χ0) is 10.8. The van der Waals surface area contributed by atoms with Gasteiger partial charge in [-0.1, -0.05) is 0 Å². The van der Waals surface area contributed by atoms with Crippen molar-refractivity contribution < 1.29 is 0 Å². The van der Waals surface area contributed by atoms with Gasteiger partial charge in [0.1, 0.15) is 11.5 Å². The summed E-state index contributed by atoms with van der Waals surface area (Å²) in [4.78, 5) is 8.67. The van der Waals surface area contributed by atoms with E-state index in [-0.39, 0.29) is 0 Å². The Bertz CT molecular complexity index is 479. The number of aryl methyl sites for hydroxylation is 1. The van der Waals surface area contributed by atoms with Crippen LogP contribution in [0.3, 0.4) is 0 Å². The molecule has 0 fully saturated rings. The van der Waals surface area contributed by atoms with Crippen LogP contribution in [-0.4, -0.2) is 26.8 Å². The molecular formula is C9H10IN5. The van der Waals surface area contributed by atoms with Crippen LogP contribution >= 0.6 is 22.6 Å². The molecule has 1 N–H and O–H groups in total. The van der Waals surface area contributed by atoms with Gasteiger partial charge in [-0.25, -0.2) is 9.97 Å². The Morgan fingerprint density at radius 1 is 1.47 bits per heavy atom. The fourth-order valence-corrected chi connectivity index (χ4v) is 1.79. The molecule has 2 aromatic heterocycles. The second kappa shape index (κ2) is 4.13. The normalized spacial score (nSPS) is 10.3. The van der Waals surface area contributed by atoms with E-state index in [2.05, 4.69) is 43.0 Å². The first-order chi connectivity index (χ1) is 7.22. The molecule has 0 spiro atoms. The molecule has 5 nitrogen and oxygen atoms in total. The molecule has 0 saturated heterocycles. The third kappa shape index (κ3) is 1.94. The summed E-state index contributed by atoms with van der Waals surface area (Å²) in [5.41, 5.74) is 0.905. The van der Waals surface area contributed by atoms with Crippen molar-refractivity contribution in [2.24, 2.45) is 7.05 Å². The van der Waals surface area contributed by atoms with Crippen molar-refractivity contribution in [3.05, 3.63) is 22.0 Å². The minimum Gasteiger partial charge on any atom is -0.372 e. The lowest BCUT2D eigenvalue weighted by molar-refractivity contribution is 0.770. The predicted molar refractivity (Wildman–Crippen MR) is 66.5 cm³/mol. The van der Waals surface area contributed by atoms with Crippen LogP contribution in [0, 0.1) is 3.57 Å². The van der Waals surface area contributed by atoms with Crippen LogP contribution in [0.1, 0.15) is 0 Å². The minimum absolute atomic E-state index is 0.680. The van der Waals surface area contributed by atoms with E-state index < -0.39 is 0 Å². The molecular weight excluding hydrogens is 305 g/mol. The number of halogens is 1. The van der Waals surface area contributed by atoms with Crippen LogP contribution in [0.4, 0.5) is 5.82 Å². The quantitative estimate of drug-likeness (QED) is 0.854. The second-order valence-corrected chi connectivity index (χ2v) is 4.14. The van der Waals surface area contributed by atoms with Crippen molar-refractivity contribution in [3.8, 4) is 11.5 Å². The van der Waals surface area contributed by atoms with Gasteiger partial charge in [0.25, 0.3) is 0 Å². The van der Waals surface area contributed by atoms with Crippen LogP contribution < -0.4 is 5.32 Å². The predicted octanol–water partition coefficient (Wildman–Crippen LogP) is 1.52. The van der Waals surface area contributed by atoms with Crippen molar-refractivity contribution in [1.82, 2.24) is 19.7 Å². The summed E-state index contributed by atoms with van der Waals surface area (Å²) >= 11 is 2.19. The number of hydrogen-bond acceptors (Lipinski definition) is 4. The van der Waals surface area contributed by atoms with E-state index in [0.29, 0.717) is 5.82 Å². The van der Waals surface area contributed by atoms with Crippen LogP contribution in [0.25, 0.3) is 11.5 Å². The molecule has 0 bridgehead atoms. The Balaban J connectivity index is 2.51. The average Bonchev–Trinajstić information content (AvgIpc) is 2.65. The highest BCUT2D eigenvalue weighted by atomic mass is 127. The molecule has 0 aliphatic rings. The minimum atomic E-state index is 0.680. The Morgan fingerprint density at radius 3 is 2.87 bits per heavy atom. The van der Waals surface area contributed by atoms with Gasteiger partial charge in [-0.05, 0) is 28.7 Å². The molecule has 0 aromatic carbocycles. The summed E-state index contributed by atoms with van der Waals surface area (Å²) < 4.78 is 2.75. The molecule has 2 heterocycles. The first-order valence-corrected chi connectivity index (χ1v) is 5.49. The van der Waals surface area contributed by atoms with Gasteiger partial charge in [0.05, 0.1) is 3.57 Å². The molecule has 2 aromatic rings. The molecule has 0 saturated carbocycles. The van der Waals surface area contributed by atoms with Gasteiger partial charge in [-0.15, -0.1) is 0 Å². The third-order valence-electron chi connectivity index (χ3n) is 2.03. The van der Waals surface area contributed by atoms with E-state index >= 15 is 0 Å². The largest absolute Gasteiger partial charge is 0.372 e. The van der Waals surface area contributed by atoms with Crippen molar-refractivity contribution in [1.29, 1.82) is 0 Å². The molecule has 78 valence electrons. The summed E-state index contributed by atoms with van der Waals surface area (Å²) in [5, 5.41) is 7.11. The summed E-state index contributed by atoms with van der Waals surface area (Å²) in [5.74, 6) is 1.52. The van der Waals surface area contributed by atoms with Crippen LogP contribution in [0.2, 0.25) is 0 Å². The first-order valence-electron chi connectivity index (χ1n) is 4.41. The molecule has 0 amide bonds. The number of anilines is 1. The highest BCUT2D eigenvalue weighted by Crippen LogP contribution is 2.19. The van der Waals surface area contributed by atoms with Crippen molar-refractivity contribution in [3.63, 3.8) is 0 Å². The Morgan fingerprint density at radius 2 is 2.27 bits per heavy atom. The smallest absolute Gasteiger partial charge is 0.179 e. The van der Waals surface area contributed by atoms with Crippen LogP contribution in [-0.2, 0) is 7.05 Å². The van der Waals surface area contributed by atoms with Gasteiger partial charge in [0.15, 0.2) is 5.82 Å². The van der Waals surface area contributed by atoms with E-state index in [9.17, 15) is 0 Å². The number of rotatable bonds is 2. The van der Waals surface area contributed by atoms with Gasteiger partial charge >= 0.3 is 0 Å². The molecule has 0 unspecified atom stereocenters. The highest BCUT2D eigenvalue weighted by Gasteiger charge is 2.08. The fourth-order valence-electron chi connectivity index (χ4n) is 1.26. The van der Waals surface area contributed by atoms with Crippen LogP contribution in [0.5, 0.6) is 0 Å². The first kappa shape index (κ1) is 10.3. The van der Waals surface area contributed by atoms with Gasteiger partial charge in [-0.3, -0.25) is 4.68 Å². The average molecular weight is 315 g/mol. The van der Waals surface area contributed by atoms with Crippen molar-refractivity contribution >= 4 is 28.4 Å². The van der Waals surface area contributed by atoms with Gasteiger partial charge in [-0.2, -0.15) is 5.10 Å². The second-order valence-electron chi connectivity index (χ2n) is 2.98. The lowest BCUT2D eigenvalue weighted by atomic mass is 10.4. The lowest BCUT2D eigenvalue weighted by Gasteiger charge is -2.05. The maximum absolute atomic E-state index is 4.40. The molecule has 15 heavy (non-hydrogen) atoms. The summed E-state index contributed by atoms with van der Waals surface area (Å²) in [6.45, 7) is 0. The summed E-state index contributed by atoms with van der Waals surface area (Å²) in [7, 11) is 3.72. The Labute approximate surface area is 101 Å². The van der Waals surface area contributed by atoms with E-state index in [1.807, 2.05) is 20.2 Å². The van der Waals surface area contributed by atoms with Gasteiger partial charge in [0, 0.05) is 26.5 Å². The molecule has 0 aliphatic heterocycles. The van der Waals surface area contributed by atoms with Gasteiger partial charge in [0.2, 0.25) is 0 Å². The highest BCUT2D eigenvalue weighted by molar-refractivity contribution is 14.1. The Kier molecular flexibility index (Phi) is 2.85. The van der Waals surface area contributed by atoms with Crippen LogP contribution in [0.15, 0.2) is 18.5 Å². The standard InChI is InChI=1S/C9H10IN5/c1-11-8-6(10)5-12-9(14-8)7-3-4-13-15(7)2/h3-5H,1-2H3,(H,11,12,14). The number of aromatic nitrogens is 4. The van der Waals surface area contributed by atoms with E-state index in [4.69, 9.17) is 0 Å². The molecule has 0 atom stereocenters. The maximum Gasteiger partial charge on any atom is 0.179 e. The topological polar surface area (TPSA) is 55.6 Å². The molecule has 6 heteroatoms. The molecule has 0 radical (unpaired) electrons. The van der Waals surface area contributed by atoms with E-state index in [1.165, 1.54) is 0 Å². The summed E-state index contributed by atoms with van der Waals surface area (Å²) in [6, 6.07) is 1.89. The van der Waals surface area contributed by atoms with Crippen molar-refractivity contribution in [2.45, 2.75) is 0 Å². The molecule has 0 aliphatic carbocycles. The fraction of sp³-hybridized carbons (Fsp3) is 0.222. The number of hydrogen-bond donors (Lipinski definition) is 1. The lowest BCUT2D eigenvalue weighted by Crippen LogP contribution is -2.02. The summed E-state index contributed by atoms with van der Waals surface area (Å²) in [6.07, 6.45) is 3.53. The van der Waals surface area contributed by atoms with E-state index in [0.717, 1.165) is 15.1 Å². The number of nitrogens with one attached hydrogen (secondary N) is 1. The Hall–Kier alpha value is -1.18. The van der Waals surface area contributed by atoms with Crippen molar-refractivity contribution in [2.75, 3.05) is 12.4 Å². The molecule has 2 rings (SSSR count). The van der Waals surface area contributed by atoms with Gasteiger partial charge < -0.3 is 5.32 Å².